The zero-order valence-electron chi connectivity index (χ0n) is 13.1. The number of aliphatic hydroxyl groups is 1. The molecule has 8 heteroatoms. The molecule has 0 spiro atoms. The standard InChI is InChI=1S/C17H15ClFN5O/c18-12-1-2-13(19)15(9-12)22-16-10-14(11-3-5-20-6-4-11)23-17(24-16)21-7-8-25/h1-6,9-10,25H,7-8H2,(H2,21,22,23,24). The van der Waals surface area contributed by atoms with Crippen LogP contribution in [0.1, 0.15) is 0 Å². The monoisotopic (exact) mass is 359 g/mol. The van der Waals surface area contributed by atoms with Crippen LogP contribution in [0.5, 0.6) is 0 Å². The molecule has 3 aromatic rings. The predicted molar refractivity (Wildman–Crippen MR) is 95.5 cm³/mol. The van der Waals surface area contributed by atoms with Gasteiger partial charge >= 0.3 is 0 Å². The Balaban J connectivity index is 1.98. The molecule has 0 amide bonds. The minimum atomic E-state index is -0.446. The number of hydrogen-bond acceptors (Lipinski definition) is 6. The molecular weight excluding hydrogens is 345 g/mol. The summed E-state index contributed by atoms with van der Waals surface area (Å²) in [5, 5.41) is 15.2. The van der Waals surface area contributed by atoms with E-state index in [1.54, 1.807) is 18.5 Å². The highest BCUT2D eigenvalue weighted by molar-refractivity contribution is 6.30. The molecule has 0 aliphatic rings. The lowest BCUT2D eigenvalue weighted by atomic mass is 10.2. The van der Waals surface area contributed by atoms with Gasteiger partial charge in [0.2, 0.25) is 5.95 Å². The number of aliphatic hydroxyl groups excluding tert-OH is 1. The van der Waals surface area contributed by atoms with Crippen molar-refractivity contribution in [3.8, 4) is 11.3 Å². The fourth-order valence-electron chi connectivity index (χ4n) is 2.16. The average Bonchev–Trinajstić information content (AvgIpc) is 2.63. The van der Waals surface area contributed by atoms with Crippen LogP contribution in [0.2, 0.25) is 5.02 Å². The second-order valence-corrected chi connectivity index (χ2v) is 5.53. The van der Waals surface area contributed by atoms with E-state index < -0.39 is 5.82 Å². The predicted octanol–water partition coefficient (Wildman–Crippen LogP) is 3.48. The molecule has 0 bridgehead atoms. The summed E-state index contributed by atoms with van der Waals surface area (Å²) in [6.45, 7) is 0.235. The van der Waals surface area contributed by atoms with Crippen molar-refractivity contribution >= 4 is 29.1 Å². The SMILES string of the molecule is OCCNc1nc(Nc2cc(Cl)ccc2F)cc(-c2ccncc2)n1. The van der Waals surface area contributed by atoms with Gasteiger partial charge in [0.05, 0.1) is 18.0 Å². The number of hydrogen-bond donors (Lipinski definition) is 3. The summed E-state index contributed by atoms with van der Waals surface area (Å²) >= 11 is 5.92. The summed E-state index contributed by atoms with van der Waals surface area (Å²) in [7, 11) is 0. The molecule has 6 nitrogen and oxygen atoms in total. The highest BCUT2D eigenvalue weighted by atomic mass is 35.5. The van der Waals surface area contributed by atoms with Gasteiger partial charge in [0.1, 0.15) is 11.6 Å². The Bertz CT molecular complexity index is 863. The fourth-order valence-corrected chi connectivity index (χ4v) is 2.33. The molecule has 0 atom stereocenters. The molecule has 1 aromatic carbocycles. The molecular formula is C17H15ClFN5O. The van der Waals surface area contributed by atoms with Crippen LogP contribution in [0.25, 0.3) is 11.3 Å². The summed E-state index contributed by atoms with van der Waals surface area (Å²) < 4.78 is 14.0. The van der Waals surface area contributed by atoms with Crippen molar-refractivity contribution < 1.29 is 9.50 Å². The summed E-state index contributed by atoms with van der Waals surface area (Å²) in [5.74, 6) is 0.259. The minimum absolute atomic E-state index is 0.0610. The summed E-state index contributed by atoms with van der Waals surface area (Å²) in [4.78, 5) is 12.7. The van der Waals surface area contributed by atoms with E-state index in [1.165, 1.54) is 18.2 Å². The van der Waals surface area contributed by atoms with Crippen molar-refractivity contribution in [2.75, 3.05) is 23.8 Å². The van der Waals surface area contributed by atoms with Crippen LogP contribution in [0.4, 0.5) is 21.8 Å². The first-order chi connectivity index (χ1) is 12.2. The van der Waals surface area contributed by atoms with Gasteiger partial charge in [0.15, 0.2) is 0 Å². The third-order valence-corrected chi connectivity index (χ3v) is 3.52. The highest BCUT2D eigenvalue weighted by Crippen LogP contribution is 2.26. The average molecular weight is 360 g/mol. The second-order valence-electron chi connectivity index (χ2n) is 5.10. The van der Waals surface area contributed by atoms with E-state index in [-0.39, 0.29) is 12.3 Å². The molecule has 0 saturated heterocycles. The van der Waals surface area contributed by atoms with E-state index in [1.807, 2.05) is 12.1 Å². The van der Waals surface area contributed by atoms with Gasteiger partial charge in [-0.05, 0) is 30.3 Å². The van der Waals surface area contributed by atoms with Gasteiger partial charge in [-0.3, -0.25) is 4.98 Å². The Labute approximate surface area is 148 Å². The Morgan fingerprint density at radius 3 is 2.64 bits per heavy atom. The maximum Gasteiger partial charge on any atom is 0.225 e. The van der Waals surface area contributed by atoms with E-state index in [2.05, 4.69) is 25.6 Å². The molecule has 0 saturated carbocycles. The second kappa shape index (κ2) is 7.87. The van der Waals surface area contributed by atoms with Crippen LogP contribution >= 0.6 is 11.6 Å². The third kappa shape index (κ3) is 4.40. The number of halogens is 2. The van der Waals surface area contributed by atoms with Crippen LogP contribution in [-0.2, 0) is 0 Å². The molecule has 0 unspecified atom stereocenters. The normalized spacial score (nSPS) is 10.5. The topological polar surface area (TPSA) is 83.0 Å². The Morgan fingerprint density at radius 1 is 1.08 bits per heavy atom. The highest BCUT2D eigenvalue weighted by Gasteiger charge is 2.09. The van der Waals surface area contributed by atoms with E-state index in [0.717, 1.165) is 5.56 Å². The van der Waals surface area contributed by atoms with Gasteiger partial charge in [-0.25, -0.2) is 9.37 Å². The Hall–Kier alpha value is -2.77. The summed E-state index contributed by atoms with van der Waals surface area (Å²) in [5.41, 5.74) is 1.67. The minimum Gasteiger partial charge on any atom is -0.395 e. The van der Waals surface area contributed by atoms with Crippen molar-refractivity contribution in [1.29, 1.82) is 0 Å². The van der Waals surface area contributed by atoms with E-state index in [9.17, 15) is 4.39 Å². The maximum atomic E-state index is 14.0. The smallest absolute Gasteiger partial charge is 0.225 e. The molecule has 25 heavy (non-hydrogen) atoms. The first kappa shape index (κ1) is 17.1. The van der Waals surface area contributed by atoms with E-state index >= 15 is 0 Å². The third-order valence-electron chi connectivity index (χ3n) is 3.29. The number of aromatic nitrogens is 3. The molecule has 2 aromatic heterocycles. The van der Waals surface area contributed by atoms with Crippen molar-refractivity contribution in [3.05, 3.63) is 59.6 Å². The molecule has 3 N–H and O–H groups in total. The maximum absolute atomic E-state index is 14.0. The van der Waals surface area contributed by atoms with Crippen molar-refractivity contribution in [1.82, 2.24) is 15.0 Å². The summed E-state index contributed by atoms with van der Waals surface area (Å²) in [6.07, 6.45) is 3.31. The Morgan fingerprint density at radius 2 is 1.88 bits per heavy atom. The number of rotatable bonds is 6. The van der Waals surface area contributed by atoms with Crippen molar-refractivity contribution in [3.63, 3.8) is 0 Å². The van der Waals surface area contributed by atoms with Gasteiger partial charge in [0, 0.05) is 35.6 Å². The van der Waals surface area contributed by atoms with Crippen molar-refractivity contribution in [2.45, 2.75) is 0 Å². The van der Waals surface area contributed by atoms with Gasteiger partial charge in [-0.2, -0.15) is 4.98 Å². The largest absolute Gasteiger partial charge is 0.395 e. The number of anilines is 3. The lowest BCUT2D eigenvalue weighted by Gasteiger charge is -2.12. The zero-order chi connectivity index (χ0) is 17.6. The lowest BCUT2D eigenvalue weighted by molar-refractivity contribution is 0.311. The molecule has 3 rings (SSSR count). The zero-order valence-corrected chi connectivity index (χ0v) is 13.8. The molecule has 0 aliphatic heterocycles. The number of nitrogens with one attached hydrogen (secondary N) is 2. The van der Waals surface area contributed by atoms with Gasteiger partial charge in [-0.1, -0.05) is 11.6 Å². The molecule has 128 valence electrons. The fraction of sp³-hybridized carbons (Fsp3) is 0.118. The van der Waals surface area contributed by atoms with Gasteiger partial charge in [-0.15, -0.1) is 0 Å². The van der Waals surface area contributed by atoms with Crippen LogP contribution in [0, 0.1) is 5.82 Å². The first-order valence-electron chi connectivity index (χ1n) is 7.52. The van der Waals surface area contributed by atoms with E-state index in [0.29, 0.717) is 29.0 Å². The number of nitrogens with zero attached hydrogens (tertiary/aromatic N) is 3. The molecule has 0 fully saturated rings. The van der Waals surface area contributed by atoms with Crippen LogP contribution < -0.4 is 10.6 Å². The number of benzene rings is 1. The summed E-state index contributed by atoms with van der Waals surface area (Å²) in [6, 6.07) is 9.54. The van der Waals surface area contributed by atoms with Gasteiger partial charge < -0.3 is 15.7 Å². The van der Waals surface area contributed by atoms with Crippen LogP contribution in [0.15, 0.2) is 48.8 Å². The first-order valence-corrected chi connectivity index (χ1v) is 7.90. The Kier molecular flexibility index (Phi) is 5.37. The quantitative estimate of drug-likeness (QED) is 0.625. The molecule has 0 radical (unpaired) electrons. The van der Waals surface area contributed by atoms with E-state index in [4.69, 9.17) is 16.7 Å². The number of pyridine rings is 1. The lowest BCUT2D eigenvalue weighted by Crippen LogP contribution is -2.10. The molecule has 2 heterocycles. The van der Waals surface area contributed by atoms with Gasteiger partial charge in [0.25, 0.3) is 0 Å². The molecule has 0 aliphatic carbocycles. The van der Waals surface area contributed by atoms with Crippen LogP contribution in [-0.4, -0.2) is 33.2 Å². The van der Waals surface area contributed by atoms with Crippen molar-refractivity contribution in [2.24, 2.45) is 0 Å². The van der Waals surface area contributed by atoms with Crippen LogP contribution in [0.3, 0.4) is 0 Å².